The summed E-state index contributed by atoms with van der Waals surface area (Å²) in [6.07, 6.45) is 2.24. The number of ketones is 2. The molecule has 4 aliphatic rings. The fourth-order valence-electron chi connectivity index (χ4n) is 6.16. The van der Waals surface area contributed by atoms with Crippen molar-refractivity contribution >= 4 is 29.1 Å². The summed E-state index contributed by atoms with van der Waals surface area (Å²) in [7, 11) is 3.17. The lowest BCUT2D eigenvalue weighted by Crippen LogP contribution is -2.63. The summed E-state index contributed by atoms with van der Waals surface area (Å²) in [6, 6.07) is 0.375. The van der Waals surface area contributed by atoms with Gasteiger partial charge in [0.25, 0.3) is 5.91 Å². The molecule has 0 radical (unpaired) electrons. The number of carbonyl (C=O) groups excluding carboxylic acids is 3. The number of Topliss-reactive ketones (excluding diaryl/α,β-unsaturated/α-hetero) is 2. The molecule has 7 N–H and O–H groups in total. The van der Waals surface area contributed by atoms with Crippen molar-refractivity contribution in [3.63, 3.8) is 0 Å². The van der Waals surface area contributed by atoms with Crippen LogP contribution in [0.15, 0.2) is 28.7 Å². The van der Waals surface area contributed by atoms with E-state index >= 15 is 0 Å². The van der Waals surface area contributed by atoms with E-state index in [0.29, 0.717) is 22.7 Å². The van der Waals surface area contributed by atoms with Gasteiger partial charge in [0.15, 0.2) is 11.4 Å². The summed E-state index contributed by atoms with van der Waals surface area (Å²) < 4.78 is 0. The van der Waals surface area contributed by atoms with E-state index in [1.54, 1.807) is 14.1 Å². The average molecular weight is 532 g/mol. The van der Waals surface area contributed by atoms with E-state index in [2.05, 4.69) is 12.2 Å². The number of nitrogens with two attached hydrogens (primary N) is 1. The molecule has 0 aromatic heterocycles. The molecule has 0 bridgehead atoms. The van der Waals surface area contributed by atoms with Crippen molar-refractivity contribution in [3.05, 3.63) is 50.4 Å². The Kier molecular flexibility index (Phi) is 5.76. The lowest BCUT2D eigenvalue weighted by Gasteiger charge is -2.50. The third-order valence-corrected chi connectivity index (χ3v) is 8.91. The second-order valence-corrected chi connectivity index (χ2v) is 11.5. The molecular weight excluding hydrogens is 502 g/mol. The van der Waals surface area contributed by atoms with Crippen molar-refractivity contribution in [3.8, 4) is 5.75 Å². The highest BCUT2D eigenvalue weighted by Gasteiger charge is 2.63. The van der Waals surface area contributed by atoms with Gasteiger partial charge in [-0.05, 0) is 69.8 Å². The number of nitrogens with one attached hydrogen (secondary N) is 1. The molecule has 1 aromatic carbocycles. The molecule has 1 fully saturated rings. The van der Waals surface area contributed by atoms with Gasteiger partial charge in [-0.25, -0.2) is 0 Å². The van der Waals surface area contributed by atoms with Gasteiger partial charge in [0.05, 0.1) is 11.6 Å². The molecule has 0 unspecified atom stereocenters. The van der Waals surface area contributed by atoms with Crippen LogP contribution in [-0.4, -0.2) is 74.1 Å². The van der Waals surface area contributed by atoms with Gasteiger partial charge in [-0.15, -0.1) is 0 Å². The van der Waals surface area contributed by atoms with Gasteiger partial charge in [0.2, 0.25) is 5.78 Å². The summed E-state index contributed by atoms with van der Waals surface area (Å²) in [5.74, 6) is -6.82. The first-order valence-electron chi connectivity index (χ1n) is 12.2. The second kappa shape index (κ2) is 8.29. The number of hydrogen-bond donors (Lipinski definition) is 6. The minimum absolute atomic E-state index is 0.0173. The highest BCUT2D eigenvalue weighted by molar-refractivity contribution is 6.33. The van der Waals surface area contributed by atoms with Crippen LogP contribution >= 0.6 is 11.6 Å². The summed E-state index contributed by atoms with van der Waals surface area (Å²) in [4.78, 5) is 40.5. The van der Waals surface area contributed by atoms with Crippen molar-refractivity contribution < 1.29 is 34.8 Å². The predicted octanol–water partition coefficient (Wildman–Crippen LogP) is 1.42. The first kappa shape index (κ1) is 25.7. The summed E-state index contributed by atoms with van der Waals surface area (Å²) in [5.41, 5.74) is 2.64. The molecule has 37 heavy (non-hydrogen) atoms. The molecule has 1 amide bonds. The average Bonchev–Trinajstić information content (AvgIpc) is 3.54. The number of rotatable bonds is 5. The zero-order chi connectivity index (χ0) is 27.2. The zero-order valence-corrected chi connectivity index (χ0v) is 21.5. The van der Waals surface area contributed by atoms with E-state index in [9.17, 15) is 34.8 Å². The van der Waals surface area contributed by atoms with Gasteiger partial charge in [-0.2, -0.15) is 0 Å². The predicted molar refractivity (Wildman–Crippen MR) is 133 cm³/mol. The first-order valence-corrected chi connectivity index (χ1v) is 12.5. The minimum Gasteiger partial charge on any atom is -0.510 e. The standard InChI is InChI=1S/C26H30ClN3O7/c1-25(4-5-25)29-9-11-8-14(31)16-12(18(11)27)6-10-7-13-19(30(2)3)21(33)17(24(28)36)23(35)26(13,37)22(34)15(10)20(16)32/h8,10,13,19,29,31,33-34,37H,4-7,9H2,1-3H3,(H2,28,36)/t10-,13-,19-,26-/m0/s1. The van der Waals surface area contributed by atoms with E-state index in [4.69, 9.17) is 17.3 Å². The monoisotopic (exact) mass is 531 g/mol. The topological polar surface area (TPSA) is 173 Å². The summed E-state index contributed by atoms with van der Waals surface area (Å²) in [6.45, 7) is 2.49. The molecule has 1 saturated carbocycles. The van der Waals surface area contributed by atoms with Gasteiger partial charge in [0, 0.05) is 28.6 Å². The number of nitrogens with zero attached hydrogens (tertiary/aromatic N) is 1. The number of benzene rings is 1. The lowest BCUT2D eigenvalue weighted by atomic mass is 9.58. The number of aliphatic hydroxyl groups excluding tert-OH is 2. The highest BCUT2D eigenvalue weighted by atomic mass is 35.5. The Morgan fingerprint density at radius 3 is 2.46 bits per heavy atom. The number of amides is 1. The Bertz CT molecular complexity index is 1330. The van der Waals surface area contributed by atoms with Crippen LogP contribution in [0.5, 0.6) is 5.75 Å². The van der Waals surface area contributed by atoms with Crippen LogP contribution in [0.4, 0.5) is 0 Å². The number of fused-ring (bicyclic) bond motifs is 3. The number of likely N-dealkylation sites (N-methyl/N-ethyl adjacent to an activating group) is 1. The molecule has 11 heteroatoms. The SMILES string of the molecule is CN(C)[C@@H]1C(O)=C(C(N)=O)C(=O)[C@@]2(O)C(O)=C3C(=O)c4c(O)cc(CNC5(C)CC5)c(Cl)c4C[C@H]3C[C@@H]12. The third-order valence-electron chi connectivity index (χ3n) is 8.44. The van der Waals surface area contributed by atoms with E-state index in [0.717, 1.165) is 12.8 Å². The Hall–Kier alpha value is -2.92. The second-order valence-electron chi connectivity index (χ2n) is 11.1. The van der Waals surface area contributed by atoms with Crippen molar-refractivity contribution in [1.82, 2.24) is 10.2 Å². The molecule has 1 aromatic rings. The van der Waals surface area contributed by atoms with Gasteiger partial charge in [-0.1, -0.05) is 11.6 Å². The number of allylic oxidation sites excluding steroid dienone is 1. The number of carbonyl (C=O) groups is 3. The maximum absolute atomic E-state index is 13.7. The summed E-state index contributed by atoms with van der Waals surface area (Å²) >= 11 is 6.73. The Balaban J connectivity index is 1.63. The molecule has 0 heterocycles. The summed E-state index contributed by atoms with van der Waals surface area (Å²) in [5, 5.41) is 48.3. The highest BCUT2D eigenvalue weighted by Crippen LogP contribution is 2.53. The van der Waals surface area contributed by atoms with Crippen LogP contribution in [0, 0.1) is 11.8 Å². The minimum atomic E-state index is -2.66. The number of aromatic hydroxyl groups is 1. The van der Waals surface area contributed by atoms with Crippen molar-refractivity contribution in [2.24, 2.45) is 17.6 Å². The van der Waals surface area contributed by atoms with Crippen LogP contribution in [-0.2, 0) is 22.6 Å². The smallest absolute Gasteiger partial charge is 0.255 e. The molecule has 198 valence electrons. The van der Waals surface area contributed by atoms with Gasteiger partial charge in [0.1, 0.15) is 22.8 Å². The van der Waals surface area contributed by atoms with Gasteiger partial charge in [-0.3, -0.25) is 19.3 Å². The number of primary amides is 1. The Morgan fingerprint density at radius 1 is 1.24 bits per heavy atom. The molecule has 4 atom stereocenters. The van der Waals surface area contributed by atoms with Crippen LogP contribution < -0.4 is 11.1 Å². The number of phenolic OH excluding ortho intramolecular Hbond substituents is 1. The quantitative estimate of drug-likeness (QED) is 0.307. The van der Waals surface area contributed by atoms with Crippen molar-refractivity contribution in [2.75, 3.05) is 14.1 Å². The molecule has 5 rings (SSSR count). The zero-order valence-electron chi connectivity index (χ0n) is 20.8. The Labute approximate surface area is 218 Å². The van der Waals surface area contributed by atoms with Gasteiger partial charge >= 0.3 is 0 Å². The number of hydrogen-bond acceptors (Lipinski definition) is 9. The van der Waals surface area contributed by atoms with Gasteiger partial charge < -0.3 is 31.5 Å². The van der Waals surface area contributed by atoms with E-state index < -0.39 is 58.0 Å². The Morgan fingerprint density at radius 2 is 1.89 bits per heavy atom. The lowest BCUT2D eigenvalue weighted by molar-refractivity contribution is -0.148. The normalized spacial score (nSPS) is 30.3. The molecule has 0 aliphatic heterocycles. The molecule has 4 aliphatic carbocycles. The van der Waals surface area contributed by atoms with E-state index in [-0.39, 0.29) is 35.3 Å². The van der Waals surface area contributed by atoms with Crippen LogP contribution in [0.25, 0.3) is 0 Å². The van der Waals surface area contributed by atoms with E-state index in [1.165, 1.54) is 11.0 Å². The number of halogens is 1. The number of aliphatic hydroxyl groups is 3. The van der Waals surface area contributed by atoms with Crippen LogP contribution in [0.3, 0.4) is 0 Å². The first-order chi connectivity index (χ1) is 17.2. The molecule has 10 nitrogen and oxygen atoms in total. The van der Waals surface area contributed by atoms with Crippen molar-refractivity contribution in [2.45, 2.75) is 56.3 Å². The fraction of sp³-hybridized carbons (Fsp3) is 0.500. The van der Waals surface area contributed by atoms with Crippen LogP contribution in [0.2, 0.25) is 5.02 Å². The molecular formula is C26H30ClN3O7. The fourth-order valence-corrected chi connectivity index (χ4v) is 6.45. The van der Waals surface area contributed by atoms with Crippen LogP contribution in [0.1, 0.15) is 47.7 Å². The largest absolute Gasteiger partial charge is 0.510 e. The molecule has 0 spiro atoms. The number of phenols is 1. The third kappa shape index (κ3) is 3.61. The van der Waals surface area contributed by atoms with Crippen molar-refractivity contribution in [1.29, 1.82) is 0 Å². The maximum atomic E-state index is 13.7. The maximum Gasteiger partial charge on any atom is 0.255 e. The van der Waals surface area contributed by atoms with E-state index in [1.807, 2.05) is 0 Å². The molecule has 0 saturated heterocycles.